The summed E-state index contributed by atoms with van der Waals surface area (Å²) in [7, 11) is 0. The SMILES string of the molecule is C[C@@]1(c2cc(Br)cc(NC(=O)Oc3ccc(C(F)(F)F)cn3)c2)COCC(N)=N1. The number of aromatic nitrogens is 1. The molecule has 1 aliphatic rings. The molecule has 0 saturated heterocycles. The van der Waals surface area contributed by atoms with Gasteiger partial charge in [-0.3, -0.25) is 10.3 Å². The fraction of sp³-hybridized carbons (Fsp3) is 0.278. The summed E-state index contributed by atoms with van der Waals surface area (Å²) in [6, 6.07) is 6.87. The Kier molecular flexibility index (Phi) is 5.80. The van der Waals surface area contributed by atoms with Crippen LogP contribution in [0.4, 0.5) is 23.7 Å². The summed E-state index contributed by atoms with van der Waals surface area (Å²) in [5.41, 5.74) is 5.21. The van der Waals surface area contributed by atoms with Crippen LogP contribution >= 0.6 is 15.9 Å². The summed E-state index contributed by atoms with van der Waals surface area (Å²) in [5, 5.41) is 2.51. The van der Waals surface area contributed by atoms with Crippen LogP contribution in [0, 0.1) is 0 Å². The molecule has 1 aliphatic heterocycles. The molecule has 0 spiro atoms. The molecule has 1 aromatic carbocycles. The molecular weight excluding hydrogens is 457 g/mol. The molecule has 1 amide bonds. The second-order valence-corrected chi connectivity index (χ2v) is 7.41. The van der Waals surface area contributed by atoms with Crippen LogP contribution < -0.4 is 15.8 Å². The number of amides is 1. The molecule has 0 fully saturated rings. The average Bonchev–Trinajstić information content (AvgIpc) is 2.60. The van der Waals surface area contributed by atoms with E-state index in [1.165, 1.54) is 0 Å². The lowest BCUT2D eigenvalue weighted by molar-refractivity contribution is -0.137. The number of aliphatic imine (C=N–C) groups is 1. The van der Waals surface area contributed by atoms with Gasteiger partial charge in [0.1, 0.15) is 18.0 Å². The number of nitrogens with one attached hydrogen (secondary N) is 1. The molecule has 29 heavy (non-hydrogen) atoms. The van der Waals surface area contributed by atoms with Crippen LogP contribution in [0.25, 0.3) is 0 Å². The minimum atomic E-state index is -4.52. The van der Waals surface area contributed by atoms with Crippen LogP contribution in [-0.2, 0) is 16.5 Å². The molecule has 0 saturated carbocycles. The Labute approximate surface area is 172 Å². The average molecular weight is 473 g/mol. The summed E-state index contributed by atoms with van der Waals surface area (Å²) in [6.07, 6.45) is -4.84. The number of carbonyl (C=O) groups is 1. The Morgan fingerprint density at radius 1 is 1.34 bits per heavy atom. The molecule has 11 heteroatoms. The van der Waals surface area contributed by atoms with Crippen LogP contribution in [0.3, 0.4) is 0 Å². The zero-order chi connectivity index (χ0) is 21.2. The van der Waals surface area contributed by atoms with Gasteiger partial charge in [0.05, 0.1) is 12.2 Å². The van der Waals surface area contributed by atoms with Crippen LogP contribution in [0.1, 0.15) is 18.1 Å². The molecule has 0 bridgehead atoms. The summed E-state index contributed by atoms with van der Waals surface area (Å²) >= 11 is 3.37. The van der Waals surface area contributed by atoms with E-state index in [4.69, 9.17) is 15.2 Å². The summed E-state index contributed by atoms with van der Waals surface area (Å²) in [5.74, 6) is 0.0942. The second-order valence-electron chi connectivity index (χ2n) is 6.50. The van der Waals surface area contributed by atoms with Gasteiger partial charge in [-0.15, -0.1) is 0 Å². The Hall–Kier alpha value is -2.66. The maximum Gasteiger partial charge on any atom is 0.418 e. The molecule has 3 rings (SSSR count). The molecule has 1 atom stereocenters. The third kappa shape index (κ3) is 5.24. The number of halogens is 4. The van der Waals surface area contributed by atoms with Gasteiger partial charge in [-0.25, -0.2) is 9.78 Å². The van der Waals surface area contributed by atoms with Crippen LogP contribution in [0.5, 0.6) is 5.88 Å². The van der Waals surface area contributed by atoms with Crippen LogP contribution in [0.2, 0.25) is 0 Å². The number of amidine groups is 1. The highest BCUT2D eigenvalue weighted by Crippen LogP contribution is 2.33. The second kappa shape index (κ2) is 7.99. The van der Waals surface area contributed by atoms with E-state index >= 15 is 0 Å². The van der Waals surface area contributed by atoms with E-state index in [1.807, 2.05) is 13.0 Å². The predicted molar refractivity (Wildman–Crippen MR) is 103 cm³/mol. The minimum Gasteiger partial charge on any atom is -0.391 e. The van der Waals surface area contributed by atoms with Gasteiger partial charge in [-0.2, -0.15) is 13.2 Å². The van der Waals surface area contributed by atoms with Gasteiger partial charge in [-0.05, 0) is 36.8 Å². The Bertz CT molecular complexity index is 950. The first-order chi connectivity index (χ1) is 13.5. The lowest BCUT2D eigenvalue weighted by atomic mass is 9.92. The zero-order valence-electron chi connectivity index (χ0n) is 15.1. The number of benzene rings is 1. The first-order valence-electron chi connectivity index (χ1n) is 8.30. The van der Waals surface area contributed by atoms with Crippen molar-refractivity contribution >= 4 is 33.5 Å². The van der Waals surface area contributed by atoms with Gasteiger partial charge < -0.3 is 15.2 Å². The van der Waals surface area contributed by atoms with Gasteiger partial charge in [0.25, 0.3) is 0 Å². The van der Waals surface area contributed by atoms with Crippen molar-refractivity contribution in [3.05, 3.63) is 52.1 Å². The molecule has 1 aromatic heterocycles. The molecule has 2 heterocycles. The highest BCUT2D eigenvalue weighted by atomic mass is 79.9. The molecule has 0 unspecified atom stereocenters. The maximum atomic E-state index is 12.6. The van der Waals surface area contributed by atoms with E-state index in [0.717, 1.165) is 17.7 Å². The highest BCUT2D eigenvalue weighted by Gasteiger charge is 2.31. The number of anilines is 1. The number of hydrogen-bond acceptors (Lipinski definition) is 6. The molecule has 2 aromatic rings. The van der Waals surface area contributed by atoms with E-state index in [0.29, 0.717) is 28.8 Å². The lowest BCUT2D eigenvalue weighted by Crippen LogP contribution is -2.37. The van der Waals surface area contributed by atoms with Crippen molar-refractivity contribution in [3.63, 3.8) is 0 Å². The van der Waals surface area contributed by atoms with E-state index in [-0.39, 0.29) is 12.5 Å². The number of nitrogens with two attached hydrogens (primary N) is 1. The van der Waals surface area contributed by atoms with E-state index in [2.05, 4.69) is 31.2 Å². The smallest absolute Gasteiger partial charge is 0.391 e. The van der Waals surface area contributed by atoms with Crippen molar-refractivity contribution in [1.82, 2.24) is 4.98 Å². The summed E-state index contributed by atoms with van der Waals surface area (Å²) in [6.45, 7) is 2.40. The predicted octanol–water partition coefficient (Wildman–Crippen LogP) is 4.08. The van der Waals surface area contributed by atoms with Crippen molar-refractivity contribution in [2.24, 2.45) is 10.7 Å². The number of ether oxygens (including phenoxy) is 2. The van der Waals surface area contributed by atoms with Crippen molar-refractivity contribution in [2.45, 2.75) is 18.6 Å². The molecule has 3 N–H and O–H groups in total. The number of rotatable bonds is 3. The first kappa shape index (κ1) is 21.1. The molecule has 7 nitrogen and oxygen atoms in total. The van der Waals surface area contributed by atoms with Crippen LogP contribution in [0.15, 0.2) is 46.0 Å². The maximum absolute atomic E-state index is 12.6. The Balaban J connectivity index is 1.74. The number of pyridine rings is 1. The van der Waals surface area contributed by atoms with Gasteiger partial charge in [0.2, 0.25) is 5.88 Å². The topological polar surface area (TPSA) is 98.8 Å². The molecule has 154 valence electrons. The van der Waals surface area contributed by atoms with Crippen molar-refractivity contribution in [3.8, 4) is 5.88 Å². The largest absolute Gasteiger partial charge is 0.418 e. The van der Waals surface area contributed by atoms with E-state index < -0.39 is 23.4 Å². The number of hydrogen-bond donors (Lipinski definition) is 2. The van der Waals surface area contributed by atoms with Gasteiger partial charge >= 0.3 is 12.3 Å². The van der Waals surface area contributed by atoms with Gasteiger partial charge in [-0.1, -0.05) is 15.9 Å². The van der Waals surface area contributed by atoms with Crippen LogP contribution in [-0.4, -0.2) is 30.1 Å². The fourth-order valence-electron chi connectivity index (χ4n) is 2.70. The Morgan fingerprint density at radius 3 is 2.72 bits per heavy atom. The normalized spacial score (nSPS) is 19.4. The lowest BCUT2D eigenvalue weighted by Gasteiger charge is -2.30. The number of nitrogens with zero attached hydrogens (tertiary/aromatic N) is 2. The zero-order valence-corrected chi connectivity index (χ0v) is 16.7. The minimum absolute atomic E-state index is 0.251. The molecular formula is C18H16BrF3N4O3. The summed E-state index contributed by atoms with van der Waals surface area (Å²) < 4.78 is 48.7. The highest BCUT2D eigenvalue weighted by molar-refractivity contribution is 9.10. The van der Waals surface area contributed by atoms with Gasteiger partial charge in [0.15, 0.2) is 0 Å². The monoisotopic (exact) mass is 472 g/mol. The van der Waals surface area contributed by atoms with Crippen molar-refractivity contribution < 1.29 is 27.4 Å². The third-order valence-electron chi connectivity index (χ3n) is 4.05. The quantitative estimate of drug-likeness (QED) is 0.701. The van der Waals surface area contributed by atoms with Gasteiger partial charge in [0, 0.05) is 22.4 Å². The van der Waals surface area contributed by atoms with Crippen molar-refractivity contribution in [1.29, 1.82) is 0 Å². The Morgan fingerprint density at radius 2 is 2.10 bits per heavy atom. The summed E-state index contributed by atoms with van der Waals surface area (Å²) in [4.78, 5) is 20.0. The standard InChI is InChI=1S/C18H16BrF3N4O3/c1-17(9-28-8-14(23)26-17)11-4-12(19)6-13(5-11)25-16(27)29-15-3-2-10(7-24-15)18(20,21)22/h2-7H,8-9H2,1H3,(H2,23,26)(H,25,27)/t17-/m0/s1. The van der Waals surface area contributed by atoms with Crippen molar-refractivity contribution in [2.75, 3.05) is 18.5 Å². The van der Waals surface area contributed by atoms with E-state index in [9.17, 15) is 18.0 Å². The van der Waals surface area contributed by atoms with E-state index in [1.54, 1.807) is 12.1 Å². The number of alkyl halides is 3. The molecule has 0 aliphatic carbocycles. The fourth-order valence-corrected chi connectivity index (χ4v) is 3.20. The number of carbonyl (C=O) groups excluding carboxylic acids is 1. The first-order valence-corrected chi connectivity index (χ1v) is 9.09. The molecule has 0 radical (unpaired) electrons. The third-order valence-corrected chi connectivity index (χ3v) is 4.51.